The first-order chi connectivity index (χ1) is 14.3. The van der Waals surface area contributed by atoms with Crippen LogP contribution in [0.1, 0.15) is 36.1 Å². The lowest BCUT2D eigenvalue weighted by atomic mass is 9.92. The van der Waals surface area contributed by atoms with Gasteiger partial charge in [0.15, 0.2) is 0 Å². The Labute approximate surface area is 180 Å². The zero-order valence-electron chi connectivity index (χ0n) is 16.4. The van der Waals surface area contributed by atoms with Crippen molar-refractivity contribution in [3.8, 4) is 10.4 Å². The third-order valence-electron chi connectivity index (χ3n) is 5.82. The summed E-state index contributed by atoms with van der Waals surface area (Å²) in [5.74, 6) is 0.614. The van der Waals surface area contributed by atoms with E-state index in [1.807, 2.05) is 11.0 Å². The number of thioether (sulfide) groups is 1. The van der Waals surface area contributed by atoms with Crippen LogP contribution in [0, 0.1) is 0 Å². The van der Waals surface area contributed by atoms with Gasteiger partial charge in [0.2, 0.25) is 5.91 Å². The molecule has 148 valence electrons. The fourth-order valence-electron chi connectivity index (χ4n) is 4.41. The molecule has 0 saturated heterocycles. The molecule has 0 radical (unpaired) electrons. The summed E-state index contributed by atoms with van der Waals surface area (Å²) in [6, 6.07) is 14.8. The van der Waals surface area contributed by atoms with Crippen molar-refractivity contribution < 1.29 is 4.79 Å². The summed E-state index contributed by atoms with van der Waals surface area (Å²) in [4.78, 5) is 21.2. The summed E-state index contributed by atoms with van der Waals surface area (Å²) >= 11 is 3.37. The highest BCUT2D eigenvalue weighted by molar-refractivity contribution is 7.99. The first-order valence-corrected chi connectivity index (χ1v) is 12.2. The summed E-state index contributed by atoms with van der Waals surface area (Å²) < 4.78 is 0. The van der Waals surface area contributed by atoms with E-state index in [0.29, 0.717) is 5.75 Å². The second kappa shape index (κ2) is 8.33. The molecule has 3 heterocycles. The van der Waals surface area contributed by atoms with Crippen LogP contribution in [0.2, 0.25) is 0 Å². The van der Waals surface area contributed by atoms with Crippen molar-refractivity contribution in [1.29, 1.82) is 0 Å². The van der Waals surface area contributed by atoms with Crippen LogP contribution in [-0.2, 0) is 24.1 Å². The van der Waals surface area contributed by atoms with Crippen LogP contribution in [0.15, 0.2) is 52.9 Å². The number of aryl methyl sites for hydroxylation is 2. The Morgan fingerprint density at radius 1 is 1.07 bits per heavy atom. The van der Waals surface area contributed by atoms with Crippen molar-refractivity contribution in [3.63, 3.8) is 0 Å². The van der Waals surface area contributed by atoms with E-state index in [-0.39, 0.29) is 5.91 Å². The normalized spacial score (nSPS) is 15.7. The lowest BCUT2D eigenvalue weighted by Crippen LogP contribution is -2.36. The smallest absolute Gasteiger partial charge is 0.237 e. The lowest BCUT2D eigenvalue weighted by molar-refractivity contribution is -0.116. The van der Waals surface area contributed by atoms with Gasteiger partial charge in [0, 0.05) is 22.8 Å². The molecule has 5 heteroatoms. The van der Waals surface area contributed by atoms with E-state index < -0.39 is 0 Å². The van der Waals surface area contributed by atoms with E-state index in [9.17, 15) is 4.79 Å². The van der Waals surface area contributed by atoms with Crippen molar-refractivity contribution in [1.82, 2.24) is 4.98 Å². The van der Waals surface area contributed by atoms with E-state index in [1.165, 1.54) is 40.1 Å². The molecule has 1 aliphatic heterocycles. The summed E-state index contributed by atoms with van der Waals surface area (Å²) in [5, 5.41) is 3.11. The maximum atomic E-state index is 13.0. The predicted octanol–water partition coefficient (Wildman–Crippen LogP) is 5.76. The molecular weight excluding hydrogens is 396 g/mol. The minimum atomic E-state index is 0.180. The van der Waals surface area contributed by atoms with Crippen LogP contribution >= 0.6 is 23.1 Å². The Bertz CT molecular complexity index is 1030. The number of rotatable bonds is 4. The summed E-state index contributed by atoms with van der Waals surface area (Å²) in [6.07, 6.45) is 6.71. The fourth-order valence-corrected chi connectivity index (χ4v) is 5.98. The van der Waals surface area contributed by atoms with Crippen molar-refractivity contribution in [3.05, 3.63) is 64.7 Å². The first-order valence-electron chi connectivity index (χ1n) is 10.4. The largest absolute Gasteiger partial charge is 0.311 e. The number of benzene rings is 1. The predicted molar refractivity (Wildman–Crippen MR) is 122 cm³/mol. The molecule has 0 spiro atoms. The first kappa shape index (κ1) is 18.9. The number of anilines is 1. The quantitative estimate of drug-likeness (QED) is 0.503. The molecule has 0 bridgehead atoms. The molecule has 0 saturated carbocycles. The van der Waals surface area contributed by atoms with Gasteiger partial charge in [-0.3, -0.25) is 4.79 Å². The molecule has 0 fully saturated rings. The summed E-state index contributed by atoms with van der Waals surface area (Å²) in [6.45, 7) is 0.814. The number of nitrogens with zero attached hydrogens (tertiary/aromatic N) is 2. The standard InChI is InChI=1S/C24H24N2OS2/c27-24(26-13-5-8-17-7-1-4-11-21(17)26)16-29-23-15-19(22-12-6-14-28-22)18-9-2-3-10-20(18)25-23/h1,4,6-7,11-12,14-15H,2-3,5,8-10,13,16H2. The van der Waals surface area contributed by atoms with Gasteiger partial charge in [0.25, 0.3) is 0 Å². The molecule has 3 aromatic rings. The number of fused-ring (bicyclic) bond motifs is 2. The molecule has 1 amide bonds. The molecule has 1 aliphatic carbocycles. The van der Waals surface area contributed by atoms with Crippen molar-refractivity contribution in [2.24, 2.45) is 0 Å². The van der Waals surface area contributed by atoms with Crippen LogP contribution in [-0.4, -0.2) is 23.2 Å². The monoisotopic (exact) mass is 420 g/mol. The van der Waals surface area contributed by atoms with E-state index in [2.05, 4.69) is 41.8 Å². The number of carbonyl (C=O) groups excluding carboxylic acids is 1. The molecule has 2 aliphatic rings. The Morgan fingerprint density at radius 3 is 2.86 bits per heavy atom. The highest BCUT2D eigenvalue weighted by Gasteiger charge is 2.23. The molecule has 1 aromatic carbocycles. The van der Waals surface area contributed by atoms with Crippen molar-refractivity contribution in [2.75, 3.05) is 17.2 Å². The zero-order valence-corrected chi connectivity index (χ0v) is 18.0. The topological polar surface area (TPSA) is 33.2 Å². The Hall–Kier alpha value is -2.11. The summed E-state index contributed by atoms with van der Waals surface area (Å²) in [7, 11) is 0. The van der Waals surface area contributed by atoms with Crippen molar-refractivity contribution in [2.45, 2.75) is 43.6 Å². The number of hydrogen-bond donors (Lipinski definition) is 0. The van der Waals surface area contributed by atoms with Crippen LogP contribution < -0.4 is 4.90 Å². The molecule has 0 atom stereocenters. The minimum Gasteiger partial charge on any atom is -0.311 e. The van der Waals surface area contributed by atoms with Gasteiger partial charge in [0.1, 0.15) is 0 Å². The number of pyridine rings is 1. The Morgan fingerprint density at radius 2 is 1.97 bits per heavy atom. The molecule has 0 N–H and O–H groups in total. The number of para-hydroxylation sites is 1. The Balaban J connectivity index is 1.38. The number of hydrogen-bond acceptors (Lipinski definition) is 4. The average molecular weight is 421 g/mol. The Kier molecular flexibility index (Phi) is 5.42. The van der Waals surface area contributed by atoms with Crippen LogP contribution in [0.3, 0.4) is 0 Å². The van der Waals surface area contributed by atoms with E-state index in [4.69, 9.17) is 4.98 Å². The zero-order chi connectivity index (χ0) is 19.6. The molecule has 2 aromatic heterocycles. The van der Waals surface area contributed by atoms with Gasteiger partial charge < -0.3 is 4.90 Å². The van der Waals surface area contributed by atoms with Crippen molar-refractivity contribution >= 4 is 34.7 Å². The number of carbonyl (C=O) groups is 1. The highest BCUT2D eigenvalue weighted by Crippen LogP contribution is 2.36. The molecule has 0 unspecified atom stereocenters. The van der Waals surface area contributed by atoms with E-state index in [1.54, 1.807) is 23.1 Å². The second-order valence-corrected chi connectivity index (χ2v) is 9.63. The third-order valence-corrected chi connectivity index (χ3v) is 7.62. The fraction of sp³-hybridized carbons (Fsp3) is 0.333. The number of amides is 1. The van der Waals surface area contributed by atoms with Gasteiger partial charge in [-0.15, -0.1) is 11.3 Å². The van der Waals surface area contributed by atoms with E-state index in [0.717, 1.165) is 42.9 Å². The molecular formula is C24H24N2OS2. The van der Waals surface area contributed by atoms with Gasteiger partial charge in [-0.05, 0) is 78.8 Å². The van der Waals surface area contributed by atoms with Crippen LogP contribution in [0.4, 0.5) is 5.69 Å². The van der Waals surface area contributed by atoms with Gasteiger partial charge in [-0.25, -0.2) is 4.98 Å². The lowest BCUT2D eigenvalue weighted by Gasteiger charge is -2.29. The SMILES string of the molecule is O=C(CSc1cc(-c2cccs2)c2c(n1)CCCC2)N1CCCc2ccccc21. The number of aromatic nitrogens is 1. The average Bonchev–Trinajstić information content (AvgIpc) is 3.31. The number of thiophene rings is 1. The van der Waals surface area contributed by atoms with Gasteiger partial charge in [-0.2, -0.15) is 0 Å². The van der Waals surface area contributed by atoms with Gasteiger partial charge in [-0.1, -0.05) is 36.0 Å². The minimum absolute atomic E-state index is 0.180. The van der Waals surface area contributed by atoms with E-state index >= 15 is 0 Å². The second-order valence-electron chi connectivity index (χ2n) is 7.68. The van der Waals surface area contributed by atoms with Crippen LogP contribution in [0.5, 0.6) is 0 Å². The van der Waals surface area contributed by atoms with Gasteiger partial charge >= 0.3 is 0 Å². The molecule has 3 nitrogen and oxygen atoms in total. The van der Waals surface area contributed by atoms with Gasteiger partial charge in [0.05, 0.1) is 10.8 Å². The van der Waals surface area contributed by atoms with Crippen LogP contribution in [0.25, 0.3) is 10.4 Å². The molecule has 5 rings (SSSR count). The highest BCUT2D eigenvalue weighted by atomic mass is 32.2. The maximum Gasteiger partial charge on any atom is 0.237 e. The summed E-state index contributed by atoms with van der Waals surface area (Å²) in [5.41, 5.74) is 6.34. The molecule has 29 heavy (non-hydrogen) atoms. The maximum absolute atomic E-state index is 13.0. The third kappa shape index (κ3) is 3.86.